The number of aromatic nitrogens is 1. The number of hydrogen-bond donors (Lipinski definition) is 0. The van der Waals surface area contributed by atoms with Crippen molar-refractivity contribution in [2.24, 2.45) is 0 Å². The van der Waals surface area contributed by atoms with Crippen molar-refractivity contribution in [3.63, 3.8) is 0 Å². The topological polar surface area (TPSA) is 48.4 Å². The Morgan fingerprint density at radius 1 is 1.38 bits per heavy atom. The highest BCUT2D eigenvalue weighted by molar-refractivity contribution is 5.78. The molecule has 7 heteroatoms. The summed E-state index contributed by atoms with van der Waals surface area (Å²) in [5.74, 6) is -0.838. The van der Waals surface area contributed by atoms with E-state index in [-0.39, 0.29) is 17.7 Å². The summed E-state index contributed by atoms with van der Waals surface area (Å²) in [6.07, 6.45) is -4.66. The number of ether oxygens (including phenoxy) is 2. The van der Waals surface area contributed by atoms with Crippen LogP contribution in [0, 0.1) is 6.92 Å². The molecule has 0 spiro atoms. The average molecular weight is 235 g/mol. The van der Waals surface area contributed by atoms with Crippen molar-refractivity contribution in [2.45, 2.75) is 13.3 Å². The third kappa shape index (κ3) is 2.85. The molecule has 4 nitrogen and oxygen atoms in total. The van der Waals surface area contributed by atoms with E-state index in [0.29, 0.717) is 5.56 Å². The number of methoxy groups -OCH3 is 1. The highest BCUT2D eigenvalue weighted by atomic mass is 19.4. The van der Waals surface area contributed by atoms with Gasteiger partial charge in [-0.3, -0.25) is 4.79 Å². The molecule has 1 aromatic heterocycles. The van der Waals surface area contributed by atoms with E-state index >= 15 is 0 Å². The summed E-state index contributed by atoms with van der Waals surface area (Å²) < 4.78 is 44.2. The number of aryl methyl sites for hydroxylation is 1. The normalized spacial score (nSPS) is 11.1. The summed E-state index contributed by atoms with van der Waals surface area (Å²) in [4.78, 5) is 14.0. The standard InChI is InChI=1S/C9H8F3NO3/c1-5-3-6(4-14)8(13-7(5)15-2)16-9(10,11)12/h3-4H,1-2H3. The molecule has 0 saturated carbocycles. The molecular formula is C9H8F3NO3. The van der Waals surface area contributed by atoms with Crippen LogP contribution in [0.25, 0.3) is 0 Å². The lowest BCUT2D eigenvalue weighted by Crippen LogP contribution is -2.19. The summed E-state index contributed by atoms with van der Waals surface area (Å²) in [7, 11) is 1.26. The first-order chi connectivity index (χ1) is 7.37. The first-order valence-electron chi connectivity index (χ1n) is 4.14. The molecule has 16 heavy (non-hydrogen) atoms. The maximum Gasteiger partial charge on any atom is 0.574 e. The molecule has 0 bridgehead atoms. The van der Waals surface area contributed by atoms with Crippen LogP contribution in [0.2, 0.25) is 0 Å². The average Bonchev–Trinajstić information content (AvgIpc) is 2.18. The number of aldehydes is 1. The minimum Gasteiger partial charge on any atom is -0.481 e. The highest BCUT2D eigenvalue weighted by Crippen LogP contribution is 2.27. The van der Waals surface area contributed by atoms with Gasteiger partial charge in [0.1, 0.15) is 0 Å². The molecule has 88 valence electrons. The fourth-order valence-electron chi connectivity index (χ4n) is 1.08. The predicted molar refractivity (Wildman–Crippen MR) is 47.6 cm³/mol. The molecule has 0 N–H and O–H groups in total. The maximum absolute atomic E-state index is 12.0. The van der Waals surface area contributed by atoms with Crippen LogP contribution >= 0.6 is 0 Å². The van der Waals surface area contributed by atoms with E-state index in [1.54, 1.807) is 6.92 Å². The van der Waals surface area contributed by atoms with E-state index in [1.807, 2.05) is 0 Å². The molecule has 1 rings (SSSR count). The van der Waals surface area contributed by atoms with Crippen molar-refractivity contribution in [2.75, 3.05) is 7.11 Å². The van der Waals surface area contributed by atoms with Crippen molar-refractivity contribution in [1.82, 2.24) is 4.98 Å². The molecule has 0 fully saturated rings. The molecule has 0 aliphatic carbocycles. The largest absolute Gasteiger partial charge is 0.574 e. The van der Waals surface area contributed by atoms with E-state index in [4.69, 9.17) is 4.74 Å². The Balaban J connectivity index is 3.20. The van der Waals surface area contributed by atoms with Gasteiger partial charge in [0.05, 0.1) is 12.7 Å². The lowest BCUT2D eigenvalue weighted by atomic mass is 10.2. The zero-order valence-corrected chi connectivity index (χ0v) is 8.46. The van der Waals surface area contributed by atoms with Gasteiger partial charge in [-0.25, -0.2) is 0 Å². The predicted octanol–water partition coefficient (Wildman–Crippen LogP) is 2.11. The second-order valence-electron chi connectivity index (χ2n) is 2.87. The van der Waals surface area contributed by atoms with Crippen LogP contribution in [0.15, 0.2) is 6.07 Å². The highest BCUT2D eigenvalue weighted by Gasteiger charge is 2.33. The number of nitrogens with zero attached hydrogens (tertiary/aromatic N) is 1. The molecule has 0 aromatic carbocycles. The monoisotopic (exact) mass is 235 g/mol. The zero-order chi connectivity index (χ0) is 12.3. The lowest BCUT2D eigenvalue weighted by molar-refractivity contribution is -0.276. The fourth-order valence-corrected chi connectivity index (χ4v) is 1.08. The third-order valence-electron chi connectivity index (χ3n) is 1.69. The van der Waals surface area contributed by atoms with Crippen LogP contribution in [-0.4, -0.2) is 24.7 Å². The van der Waals surface area contributed by atoms with Crippen LogP contribution < -0.4 is 9.47 Å². The van der Waals surface area contributed by atoms with Gasteiger partial charge in [-0.15, -0.1) is 13.2 Å². The SMILES string of the molecule is COc1nc(OC(F)(F)F)c(C=O)cc1C. The fraction of sp³-hybridized carbons (Fsp3) is 0.333. The Morgan fingerprint density at radius 2 is 2.00 bits per heavy atom. The van der Waals surface area contributed by atoms with E-state index in [0.717, 1.165) is 0 Å². The number of pyridine rings is 1. The van der Waals surface area contributed by atoms with Gasteiger partial charge < -0.3 is 9.47 Å². The van der Waals surface area contributed by atoms with Gasteiger partial charge in [0, 0.05) is 5.56 Å². The van der Waals surface area contributed by atoms with Crippen LogP contribution in [-0.2, 0) is 0 Å². The van der Waals surface area contributed by atoms with Crippen molar-refractivity contribution < 1.29 is 27.4 Å². The minimum atomic E-state index is -4.90. The summed E-state index contributed by atoms with van der Waals surface area (Å²) in [6.45, 7) is 1.55. The number of hydrogen-bond acceptors (Lipinski definition) is 4. The van der Waals surface area contributed by atoms with Crippen molar-refractivity contribution in [1.29, 1.82) is 0 Å². The molecular weight excluding hydrogens is 227 g/mol. The second kappa shape index (κ2) is 4.38. The number of carbonyl (C=O) groups is 1. The van der Waals surface area contributed by atoms with E-state index in [2.05, 4.69) is 9.72 Å². The Hall–Kier alpha value is -1.79. The Labute approximate surface area is 89.0 Å². The quantitative estimate of drug-likeness (QED) is 0.753. The number of carbonyl (C=O) groups excluding carboxylic acids is 1. The molecule has 0 radical (unpaired) electrons. The number of rotatable bonds is 3. The first kappa shape index (κ1) is 12.3. The summed E-state index contributed by atoms with van der Waals surface area (Å²) in [5.41, 5.74) is 0.162. The Morgan fingerprint density at radius 3 is 2.44 bits per heavy atom. The van der Waals surface area contributed by atoms with Crippen LogP contribution in [0.1, 0.15) is 15.9 Å². The van der Waals surface area contributed by atoms with E-state index < -0.39 is 12.2 Å². The third-order valence-corrected chi connectivity index (χ3v) is 1.69. The van der Waals surface area contributed by atoms with E-state index in [1.165, 1.54) is 13.2 Å². The number of alkyl halides is 3. The van der Waals surface area contributed by atoms with Gasteiger partial charge in [-0.2, -0.15) is 4.98 Å². The maximum atomic E-state index is 12.0. The summed E-state index contributed by atoms with van der Waals surface area (Å²) in [5, 5.41) is 0. The van der Waals surface area contributed by atoms with Gasteiger partial charge in [-0.05, 0) is 13.0 Å². The summed E-state index contributed by atoms with van der Waals surface area (Å²) >= 11 is 0. The second-order valence-corrected chi connectivity index (χ2v) is 2.87. The smallest absolute Gasteiger partial charge is 0.481 e. The summed E-state index contributed by atoms with van der Waals surface area (Å²) in [6, 6.07) is 1.21. The Kier molecular flexibility index (Phi) is 3.36. The molecule has 0 atom stereocenters. The van der Waals surface area contributed by atoms with Gasteiger partial charge in [0.15, 0.2) is 6.29 Å². The first-order valence-corrected chi connectivity index (χ1v) is 4.14. The molecule has 0 amide bonds. The number of halogens is 3. The Bertz CT molecular complexity index is 404. The van der Waals surface area contributed by atoms with Crippen LogP contribution in [0.5, 0.6) is 11.8 Å². The van der Waals surface area contributed by atoms with Crippen LogP contribution in [0.3, 0.4) is 0 Å². The van der Waals surface area contributed by atoms with Gasteiger partial charge in [-0.1, -0.05) is 0 Å². The zero-order valence-electron chi connectivity index (χ0n) is 8.46. The van der Waals surface area contributed by atoms with Gasteiger partial charge in [0.2, 0.25) is 11.8 Å². The van der Waals surface area contributed by atoms with Gasteiger partial charge in [0.25, 0.3) is 0 Å². The minimum absolute atomic E-state index is 0.0233. The van der Waals surface area contributed by atoms with Crippen molar-refractivity contribution >= 4 is 6.29 Å². The molecule has 0 aliphatic rings. The van der Waals surface area contributed by atoms with Crippen LogP contribution in [0.4, 0.5) is 13.2 Å². The van der Waals surface area contributed by atoms with E-state index in [9.17, 15) is 18.0 Å². The molecule has 1 heterocycles. The molecule has 0 saturated heterocycles. The van der Waals surface area contributed by atoms with Crippen molar-refractivity contribution in [3.05, 3.63) is 17.2 Å². The van der Waals surface area contributed by atoms with Gasteiger partial charge >= 0.3 is 6.36 Å². The molecule has 0 aliphatic heterocycles. The van der Waals surface area contributed by atoms with Crippen molar-refractivity contribution in [3.8, 4) is 11.8 Å². The molecule has 0 unspecified atom stereocenters. The lowest BCUT2D eigenvalue weighted by Gasteiger charge is -2.11. The molecule has 1 aromatic rings.